The van der Waals surface area contributed by atoms with E-state index in [1.807, 2.05) is 11.4 Å². The van der Waals surface area contributed by atoms with E-state index in [-0.39, 0.29) is 5.75 Å². The van der Waals surface area contributed by atoms with Crippen molar-refractivity contribution in [3.63, 3.8) is 0 Å². The zero-order chi connectivity index (χ0) is 8.72. The van der Waals surface area contributed by atoms with Crippen LogP contribution in [0.5, 0.6) is 5.75 Å². The lowest BCUT2D eigenvalue weighted by atomic mass is 10.2. The van der Waals surface area contributed by atoms with Crippen LogP contribution in [0.3, 0.4) is 0 Å². The number of phenolic OH excluding ortho intramolecular Hbond substituents is 1. The van der Waals surface area contributed by atoms with Crippen LogP contribution in [0.25, 0.3) is 10.1 Å². The molecule has 0 bridgehead atoms. The van der Waals surface area contributed by atoms with Crippen LogP contribution in [-0.2, 0) is 0 Å². The number of phenols is 1. The van der Waals surface area contributed by atoms with Gasteiger partial charge in [-0.3, -0.25) is 0 Å². The number of aromatic hydroxyl groups is 1. The molecule has 12 heavy (non-hydrogen) atoms. The van der Waals surface area contributed by atoms with Gasteiger partial charge in [0.1, 0.15) is 5.75 Å². The van der Waals surface area contributed by atoms with Crippen molar-refractivity contribution in [3.05, 3.63) is 26.1 Å². The summed E-state index contributed by atoms with van der Waals surface area (Å²) < 4.78 is 2.18. The van der Waals surface area contributed by atoms with Gasteiger partial charge < -0.3 is 5.11 Å². The van der Waals surface area contributed by atoms with Gasteiger partial charge in [-0.25, -0.2) is 0 Å². The Bertz CT molecular complexity index is 438. The van der Waals surface area contributed by atoms with Crippen molar-refractivity contribution < 1.29 is 5.11 Å². The average Bonchev–Trinajstić information content (AvgIpc) is 2.48. The lowest BCUT2D eigenvalue weighted by Crippen LogP contribution is -1.74. The minimum absolute atomic E-state index is 0.188. The molecule has 0 radical (unpaired) electrons. The van der Waals surface area contributed by atoms with Crippen LogP contribution in [-0.4, -0.2) is 5.11 Å². The summed E-state index contributed by atoms with van der Waals surface area (Å²) in [5, 5.41) is 12.8. The van der Waals surface area contributed by atoms with Crippen molar-refractivity contribution in [3.8, 4) is 5.75 Å². The van der Waals surface area contributed by atoms with E-state index >= 15 is 0 Å². The van der Waals surface area contributed by atoms with E-state index in [1.165, 1.54) is 0 Å². The van der Waals surface area contributed by atoms with Gasteiger partial charge in [0.25, 0.3) is 0 Å². The Morgan fingerprint density at radius 1 is 1.50 bits per heavy atom. The minimum atomic E-state index is 0.188. The molecule has 62 valence electrons. The Labute approximate surface area is 92.1 Å². The Morgan fingerprint density at radius 2 is 2.25 bits per heavy atom. The normalized spacial score (nSPS) is 10.8. The maximum absolute atomic E-state index is 9.54. The van der Waals surface area contributed by atoms with Gasteiger partial charge in [0.05, 0.1) is 9.72 Å². The summed E-state index contributed by atoms with van der Waals surface area (Å²) in [6.45, 7) is 0. The van der Waals surface area contributed by atoms with Gasteiger partial charge in [-0.05, 0) is 40.1 Å². The Balaban J connectivity index is 2.97. The summed E-state index contributed by atoms with van der Waals surface area (Å²) in [7, 11) is 0. The standard InChI is InChI=1S/C8H4ClIOS/c9-5-3-6(10)8-4(7(5)11)1-2-12-8/h1-3,11H. The first-order chi connectivity index (χ1) is 5.70. The highest BCUT2D eigenvalue weighted by molar-refractivity contribution is 14.1. The van der Waals surface area contributed by atoms with E-state index < -0.39 is 0 Å². The smallest absolute Gasteiger partial charge is 0.142 e. The molecule has 0 unspecified atom stereocenters. The van der Waals surface area contributed by atoms with Crippen LogP contribution in [0.15, 0.2) is 17.5 Å². The molecule has 0 fully saturated rings. The van der Waals surface area contributed by atoms with Gasteiger partial charge in [-0.2, -0.15) is 0 Å². The number of rotatable bonds is 0. The predicted octanol–water partition coefficient (Wildman–Crippen LogP) is 3.86. The van der Waals surface area contributed by atoms with Crippen molar-refractivity contribution in [1.29, 1.82) is 0 Å². The van der Waals surface area contributed by atoms with Crippen LogP contribution >= 0.6 is 45.5 Å². The largest absolute Gasteiger partial charge is 0.506 e. The molecule has 1 nitrogen and oxygen atoms in total. The highest BCUT2D eigenvalue weighted by atomic mass is 127. The average molecular weight is 311 g/mol. The van der Waals surface area contributed by atoms with E-state index in [4.69, 9.17) is 11.6 Å². The molecular weight excluding hydrogens is 307 g/mol. The van der Waals surface area contributed by atoms with Crippen LogP contribution < -0.4 is 0 Å². The summed E-state index contributed by atoms with van der Waals surface area (Å²) in [5.74, 6) is 0.188. The van der Waals surface area contributed by atoms with Crippen molar-refractivity contribution in [2.75, 3.05) is 0 Å². The third-order valence-corrected chi connectivity index (χ3v) is 4.07. The lowest BCUT2D eigenvalue weighted by Gasteiger charge is -1.99. The van der Waals surface area contributed by atoms with Crippen molar-refractivity contribution in [2.45, 2.75) is 0 Å². The van der Waals surface area contributed by atoms with E-state index in [0.717, 1.165) is 13.7 Å². The van der Waals surface area contributed by atoms with Crippen LogP contribution in [0.4, 0.5) is 0 Å². The first kappa shape index (κ1) is 8.59. The van der Waals surface area contributed by atoms with Gasteiger partial charge in [0.15, 0.2) is 0 Å². The quantitative estimate of drug-likeness (QED) is 0.733. The summed E-state index contributed by atoms with van der Waals surface area (Å²) in [6, 6.07) is 3.65. The summed E-state index contributed by atoms with van der Waals surface area (Å²) in [6.07, 6.45) is 0. The highest BCUT2D eigenvalue weighted by Crippen LogP contribution is 2.38. The van der Waals surface area contributed by atoms with Crippen molar-refractivity contribution >= 4 is 55.6 Å². The monoisotopic (exact) mass is 310 g/mol. The Kier molecular flexibility index (Phi) is 2.18. The maximum atomic E-state index is 9.54. The molecule has 0 aliphatic carbocycles. The zero-order valence-electron chi connectivity index (χ0n) is 5.84. The lowest BCUT2D eigenvalue weighted by molar-refractivity contribution is 0.482. The van der Waals surface area contributed by atoms with Crippen LogP contribution in [0, 0.1) is 3.57 Å². The molecule has 4 heteroatoms. The van der Waals surface area contributed by atoms with E-state index in [1.54, 1.807) is 17.4 Å². The minimum Gasteiger partial charge on any atom is -0.506 e. The molecule has 0 amide bonds. The third kappa shape index (κ3) is 1.20. The van der Waals surface area contributed by atoms with Gasteiger partial charge in [0, 0.05) is 8.96 Å². The molecule has 0 atom stereocenters. The van der Waals surface area contributed by atoms with Gasteiger partial charge >= 0.3 is 0 Å². The maximum Gasteiger partial charge on any atom is 0.142 e. The molecule has 1 N–H and O–H groups in total. The molecule has 0 saturated carbocycles. The summed E-state index contributed by atoms with van der Waals surface area (Å²) in [4.78, 5) is 0. The Hall–Kier alpha value is -0.000000000000000111. The van der Waals surface area contributed by atoms with E-state index in [2.05, 4.69) is 22.6 Å². The molecule has 2 rings (SSSR count). The fourth-order valence-corrected chi connectivity index (χ4v) is 3.24. The molecule has 1 heterocycles. The Morgan fingerprint density at radius 3 is 3.00 bits per heavy atom. The molecule has 1 aromatic heterocycles. The van der Waals surface area contributed by atoms with Crippen LogP contribution in [0.1, 0.15) is 0 Å². The third-order valence-electron chi connectivity index (χ3n) is 1.62. The van der Waals surface area contributed by atoms with Crippen molar-refractivity contribution in [2.24, 2.45) is 0 Å². The topological polar surface area (TPSA) is 20.2 Å². The van der Waals surface area contributed by atoms with Crippen LogP contribution in [0.2, 0.25) is 5.02 Å². The number of thiophene rings is 1. The number of benzene rings is 1. The molecular formula is C8H4ClIOS. The second kappa shape index (κ2) is 3.05. The predicted molar refractivity (Wildman–Crippen MR) is 61.2 cm³/mol. The van der Waals surface area contributed by atoms with E-state index in [9.17, 15) is 5.11 Å². The number of hydrogen-bond donors (Lipinski definition) is 1. The SMILES string of the molecule is Oc1c(Cl)cc(I)c2sccc12. The first-order valence-electron chi connectivity index (χ1n) is 3.24. The fraction of sp³-hybridized carbons (Fsp3) is 0. The first-order valence-corrected chi connectivity index (χ1v) is 5.58. The van der Waals surface area contributed by atoms with Crippen molar-refractivity contribution in [1.82, 2.24) is 0 Å². The molecule has 0 saturated heterocycles. The second-order valence-corrected chi connectivity index (χ2v) is 4.84. The summed E-state index contributed by atoms with van der Waals surface area (Å²) in [5.41, 5.74) is 0. The number of halogens is 2. The molecule has 0 aliphatic rings. The molecule has 0 aliphatic heterocycles. The van der Waals surface area contributed by atoms with Gasteiger partial charge in [-0.15, -0.1) is 11.3 Å². The molecule has 0 spiro atoms. The molecule has 1 aromatic carbocycles. The fourth-order valence-electron chi connectivity index (χ4n) is 1.05. The van der Waals surface area contributed by atoms with Gasteiger partial charge in [-0.1, -0.05) is 11.6 Å². The summed E-state index contributed by atoms with van der Waals surface area (Å²) >= 11 is 9.62. The van der Waals surface area contributed by atoms with E-state index in [0.29, 0.717) is 5.02 Å². The number of fused-ring (bicyclic) bond motifs is 1. The van der Waals surface area contributed by atoms with Gasteiger partial charge in [0.2, 0.25) is 0 Å². The molecule has 2 aromatic rings. The zero-order valence-corrected chi connectivity index (χ0v) is 9.57. The highest BCUT2D eigenvalue weighted by Gasteiger charge is 2.08. The number of hydrogen-bond acceptors (Lipinski definition) is 2. The second-order valence-electron chi connectivity index (χ2n) is 2.35.